The van der Waals surface area contributed by atoms with Crippen molar-refractivity contribution in [3.63, 3.8) is 0 Å². The lowest BCUT2D eigenvalue weighted by Gasteiger charge is -2.39. The van der Waals surface area contributed by atoms with Gasteiger partial charge in [0.15, 0.2) is 0 Å². The molecule has 0 aromatic carbocycles. The second-order valence-electron chi connectivity index (χ2n) is 6.60. The van der Waals surface area contributed by atoms with Gasteiger partial charge in [-0.3, -0.25) is 4.90 Å². The summed E-state index contributed by atoms with van der Waals surface area (Å²) in [6, 6.07) is 3.07. The summed E-state index contributed by atoms with van der Waals surface area (Å²) in [5, 5.41) is 5.84. The maximum Gasteiger partial charge on any atom is 0.0245 e. The van der Waals surface area contributed by atoms with Crippen LogP contribution in [0.1, 0.15) is 43.0 Å². The largest absolute Gasteiger partial charge is 0.317 e. The van der Waals surface area contributed by atoms with Gasteiger partial charge in [0.25, 0.3) is 0 Å². The number of nitrogens with zero attached hydrogens (tertiary/aromatic N) is 1. The molecule has 3 heteroatoms. The van der Waals surface area contributed by atoms with Crippen molar-refractivity contribution in [1.82, 2.24) is 10.2 Å². The highest BCUT2D eigenvalue weighted by molar-refractivity contribution is 7.10. The maximum atomic E-state index is 3.58. The summed E-state index contributed by atoms with van der Waals surface area (Å²) in [6.45, 7) is 6.09. The van der Waals surface area contributed by atoms with Crippen molar-refractivity contribution in [2.45, 2.75) is 51.6 Å². The van der Waals surface area contributed by atoms with Crippen molar-refractivity contribution in [1.29, 1.82) is 0 Å². The maximum absolute atomic E-state index is 3.58. The highest BCUT2D eigenvalue weighted by Gasteiger charge is 2.31. The van der Waals surface area contributed by atoms with Crippen molar-refractivity contribution in [2.75, 3.05) is 20.1 Å². The monoisotopic (exact) mass is 292 g/mol. The van der Waals surface area contributed by atoms with Gasteiger partial charge in [-0.25, -0.2) is 0 Å². The molecule has 1 N–H and O–H groups in total. The summed E-state index contributed by atoms with van der Waals surface area (Å²) in [4.78, 5) is 4.32. The first-order chi connectivity index (χ1) is 9.80. The second kappa shape index (κ2) is 6.59. The van der Waals surface area contributed by atoms with Crippen LogP contribution in [0.15, 0.2) is 11.4 Å². The van der Waals surface area contributed by atoms with Crippen LogP contribution in [0, 0.1) is 11.8 Å². The van der Waals surface area contributed by atoms with Gasteiger partial charge in [-0.05, 0) is 61.6 Å². The molecular formula is C17H28N2S. The Morgan fingerprint density at radius 2 is 2.30 bits per heavy atom. The molecule has 1 fully saturated rings. The lowest BCUT2D eigenvalue weighted by Crippen LogP contribution is -2.45. The minimum absolute atomic E-state index is 0.738. The van der Waals surface area contributed by atoms with Gasteiger partial charge >= 0.3 is 0 Å². The van der Waals surface area contributed by atoms with Gasteiger partial charge in [-0.1, -0.05) is 13.3 Å². The Labute approximate surface area is 127 Å². The van der Waals surface area contributed by atoms with E-state index in [-0.39, 0.29) is 0 Å². The Hall–Kier alpha value is -0.380. The fraction of sp³-hybridized carbons (Fsp3) is 0.765. The summed E-state index contributed by atoms with van der Waals surface area (Å²) < 4.78 is 0. The van der Waals surface area contributed by atoms with E-state index in [4.69, 9.17) is 0 Å². The van der Waals surface area contributed by atoms with Gasteiger partial charge in [0.2, 0.25) is 0 Å². The van der Waals surface area contributed by atoms with Crippen LogP contribution in [0.2, 0.25) is 0 Å². The average Bonchev–Trinajstić information content (AvgIpc) is 2.94. The van der Waals surface area contributed by atoms with Gasteiger partial charge in [0.1, 0.15) is 0 Å². The number of hydrogen-bond acceptors (Lipinski definition) is 3. The topological polar surface area (TPSA) is 15.3 Å². The van der Waals surface area contributed by atoms with Crippen LogP contribution < -0.4 is 5.32 Å². The quantitative estimate of drug-likeness (QED) is 0.913. The molecule has 3 unspecified atom stereocenters. The van der Waals surface area contributed by atoms with Gasteiger partial charge in [0, 0.05) is 30.6 Å². The number of thiophene rings is 1. The van der Waals surface area contributed by atoms with E-state index in [1.165, 1.54) is 51.7 Å². The van der Waals surface area contributed by atoms with Crippen LogP contribution in [-0.2, 0) is 13.0 Å². The molecule has 0 amide bonds. The van der Waals surface area contributed by atoms with Crippen LogP contribution >= 0.6 is 11.3 Å². The molecule has 1 saturated carbocycles. The van der Waals surface area contributed by atoms with E-state index in [1.54, 1.807) is 10.4 Å². The number of hydrogen-bond donors (Lipinski definition) is 1. The Kier molecular flexibility index (Phi) is 4.79. The lowest BCUT2D eigenvalue weighted by atomic mass is 9.76. The van der Waals surface area contributed by atoms with Crippen LogP contribution in [0.4, 0.5) is 0 Å². The summed E-state index contributed by atoms with van der Waals surface area (Å²) in [6.07, 6.45) is 6.85. The molecule has 0 bridgehead atoms. The minimum atomic E-state index is 0.738. The average molecular weight is 292 g/mol. The zero-order chi connectivity index (χ0) is 13.9. The van der Waals surface area contributed by atoms with E-state index in [9.17, 15) is 0 Å². The molecular weight excluding hydrogens is 264 g/mol. The normalized spacial score (nSPS) is 31.2. The van der Waals surface area contributed by atoms with Crippen molar-refractivity contribution >= 4 is 11.3 Å². The Morgan fingerprint density at radius 3 is 3.10 bits per heavy atom. The molecule has 1 aliphatic heterocycles. The molecule has 3 rings (SSSR count). The van der Waals surface area contributed by atoms with Crippen molar-refractivity contribution in [2.24, 2.45) is 11.8 Å². The van der Waals surface area contributed by atoms with E-state index in [1.807, 2.05) is 11.3 Å². The highest BCUT2D eigenvalue weighted by Crippen LogP contribution is 2.33. The van der Waals surface area contributed by atoms with E-state index < -0.39 is 0 Å². The lowest BCUT2D eigenvalue weighted by molar-refractivity contribution is 0.134. The molecule has 2 nitrogen and oxygen atoms in total. The van der Waals surface area contributed by atoms with Gasteiger partial charge in [-0.15, -0.1) is 11.3 Å². The standard InChI is InChI=1S/C17H28N2S/c1-3-13-4-5-16(18-2)15(10-13)12-19-8-6-17-14(11-19)7-9-20-17/h7,9,13,15-16,18H,3-6,8,10-12H2,1-2H3. The summed E-state index contributed by atoms with van der Waals surface area (Å²) in [5.41, 5.74) is 1.59. The molecule has 1 aliphatic carbocycles. The molecule has 2 heterocycles. The molecule has 3 atom stereocenters. The van der Waals surface area contributed by atoms with Crippen LogP contribution in [0.3, 0.4) is 0 Å². The predicted octanol–water partition coefficient (Wildman–Crippen LogP) is 3.52. The first-order valence-electron chi connectivity index (χ1n) is 8.25. The molecule has 0 radical (unpaired) electrons. The molecule has 20 heavy (non-hydrogen) atoms. The zero-order valence-electron chi connectivity index (χ0n) is 12.9. The number of nitrogens with one attached hydrogen (secondary N) is 1. The summed E-state index contributed by atoms with van der Waals surface area (Å²) in [7, 11) is 2.15. The van der Waals surface area contributed by atoms with E-state index in [0.717, 1.165) is 17.9 Å². The van der Waals surface area contributed by atoms with Crippen LogP contribution in [0.25, 0.3) is 0 Å². The van der Waals surface area contributed by atoms with Crippen molar-refractivity contribution in [3.8, 4) is 0 Å². The third kappa shape index (κ3) is 3.10. The second-order valence-corrected chi connectivity index (χ2v) is 7.60. The minimum Gasteiger partial charge on any atom is -0.317 e. The third-order valence-electron chi connectivity index (χ3n) is 5.42. The molecule has 1 aromatic rings. The fourth-order valence-electron chi connectivity index (χ4n) is 4.11. The Morgan fingerprint density at radius 1 is 1.40 bits per heavy atom. The van der Waals surface area contributed by atoms with E-state index >= 15 is 0 Å². The molecule has 0 spiro atoms. The van der Waals surface area contributed by atoms with Crippen molar-refractivity contribution < 1.29 is 0 Å². The van der Waals surface area contributed by atoms with E-state index in [2.05, 4.69) is 35.6 Å². The third-order valence-corrected chi connectivity index (χ3v) is 6.44. The van der Waals surface area contributed by atoms with Gasteiger partial charge < -0.3 is 5.32 Å². The van der Waals surface area contributed by atoms with Crippen LogP contribution in [-0.4, -0.2) is 31.1 Å². The first kappa shape index (κ1) is 14.6. The number of fused-ring (bicyclic) bond motifs is 1. The SMILES string of the molecule is CCC1CCC(NC)C(CN2CCc3sccc3C2)C1. The predicted molar refractivity (Wildman–Crippen MR) is 87.3 cm³/mol. The van der Waals surface area contributed by atoms with Crippen molar-refractivity contribution in [3.05, 3.63) is 21.9 Å². The van der Waals surface area contributed by atoms with Gasteiger partial charge in [-0.2, -0.15) is 0 Å². The number of rotatable bonds is 4. The Bertz CT molecular complexity index is 428. The summed E-state index contributed by atoms with van der Waals surface area (Å²) in [5.74, 6) is 1.81. The molecule has 2 aliphatic rings. The highest BCUT2D eigenvalue weighted by atomic mass is 32.1. The Balaban J connectivity index is 1.61. The molecule has 112 valence electrons. The van der Waals surface area contributed by atoms with Gasteiger partial charge in [0.05, 0.1) is 0 Å². The first-order valence-corrected chi connectivity index (χ1v) is 9.13. The molecule has 0 saturated heterocycles. The molecule has 1 aromatic heterocycles. The summed E-state index contributed by atoms with van der Waals surface area (Å²) >= 11 is 1.94. The van der Waals surface area contributed by atoms with E-state index in [0.29, 0.717) is 0 Å². The fourth-order valence-corrected chi connectivity index (χ4v) is 5.00. The van der Waals surface area contributed by atoms with Crippen LogP contribution in [0.5, 0.6) is 0 Å². The smallest absolute Gasteiger partial charge is 0.0245 e. The zero-order valence-corrected chi connectivity index (χ0v) is 13.7.